The average Bonchev–Trinajstić information content (AvgIpc) is 2.90. The second kappa shape index (κ2) is 6.95. The second-order valence-electron chi connectivity index (χ2n) is 6.04. The Labute approximate surface area is 117 Å². The van der Waals surface area contributed by atoms with Gasteiger partial charge in [0.1, 0.15) is 11.9 Å². The highest BCUT2D eigenvalue weighted by Crippen LogP contribution is 2.20. The molecule has 0 saturated heterocycles. The maximum atomic E-state index is 5.95. The molecular weight excluding hydrogens is 234 g/mol. The Balaban J connectivity index is 1.76. The van der Waals surface area contributed by atoms with Crippen LogP contribution >= 0.6 is 0 Å². The zero-order valence-electron chi connectivity index (χ0n) is 12.5. The number of nitrogens with one attached hydrogen (secondary N) is 1. The largest absolute Gasteiger partial charge is 0.489 e. The zero-order valence-corrected chi connectivity index (χ0v) is 12.5. The Morgan fingerprint density at radius 2 is 1.74 bits per heavy atom. The Hall–Kier alpha value is -1.02. The van der Waals surface area contributed by atoms with Crippen LogP contribution in [0.25, 0.3) is 0 Å². The minimum atomic E-state index is 0.227. The molecule has 0 aliphatic heterocycles. The molecule has 2 rings (SSSR count). The molecule has 1 N–H and O–H groups in total. The van der Waals surface area contributed by atoms with E-state index in [2.05, 4.69) is 50.4 Å². The molecule has 1 aliphatic rings. The first kappa shape index (κ1) is 14.4. The van der Waals surface area contributed by atoms with E-state index in [-0.39, 0.29) is 6.10 Å². The summed E-state index contributed by atoms with van der Waals surface area (Å²) < 4.78 is 5.95. The van der Waals surface area contributed by atoms with Gasteiger partial charge in [0, 0.05) is 12.6 Å². The normalized spacial score (nSPS) is 17.9. The molecule has 0 heterocycles. The highest BCUT2D eigenvalue weighted by molar-refractivity contribution is 5.29. The summed E-state index contributed by atoms with van der Waals surface area (Å²) in [6.45, 7) is 7.50. The van der Waals surface area contributed by atoms with Crippen LogP contribution in [-0.4, -0.2) is 18.7 Å². The van der Waals surface area contributed by atoms with Gasteiger partial charge in [0.2, 0.25) is 0 Å². The van der Waals surface area contributed by atoms with Crippen molar-refractivity contribution in [2.75, 3.05) is 6.54 Å². The van der Waals surface area contributed by atoms with Crippen molar-refractivity contribution in [3.8, 4) is 5.75 Å². The van der Waals surface area contributed by atoms with Crippen molar-refractivity contribution in [1.82, 2.24) is 5.32 Å². The lowest BCUT2D eigenvalue weighted by molar-refractivity contribution is 0.211. The molecule has 1 aromatic carbocycles. The first-order valence-corrected chi connectivity index (χ1v) is 7.65. The Morgan fingerprint density at radius 3 is 2.32 bits per heavy atom. The topological polar surface area (TPSA) is 21.3 Å². The number of benzene rings is 1. The summed E-state index contributed by atoms with van der Waals surface area (Å²) in [6, 6.07) is 9.21. The first-order valence-electron chi connectivity index (χ1n) is 7.65. The quantitative estimate of drug-likeness (QED) is 0.832. The van der Waals surface area contributed by atoms with Crippen molar-refractivity contribution >= 4 is 0 Å². The van der Waals surface area contributed by atoms with Crippen molar-refractivity contribution in [1.29, 1.82) is 0 Å². The van der Waals surface area contributed by atoms with E-state index in [0.29, 0.717) is 5.92 Å². The molecule has 1 aliphatic carbocycles. The van der Waals surface area contributed by atoms with Gasteiger partial charge in [0.25, 0.3) is 0 Å². The summed E-state index contributed by atoms with van der Waals surface area (Å²) in [4.78, 5) is 0. The van der Waals surface area contributed by atoms with Crippen molar-refractivity contribution in [3.05, 3.63) is 29.8 Å². The Kier molecular flexibility index (Phi) is 5.26. The summed E-state index contributed by atoms with van der Waals surface area (Å²) in [5.74, 6) is 1.56. The number of hydrogen-bond acceptors (Lipinski definition) is 2. The summed E-state index contributed by atoms with van der Waals surface area (Å²) in [6.07, 6.45) is 5.64. The lowest BCUT2D eigenvalue weighted by Crippen LogP contribution is -2.35. The molecule has 0 amide bonds. The van der Waals surface area contributed by atoms with Crippen LogP contribution in [0.3, 0.4) is 0 Å². The molecular formula is C17H27NO. The summed E-state index contributed by atoms with van der Waals surface area (Å²) >= 11 is 0. The van der Waals surface area contributed by atoms with Crippen molar-refractivity contribution in [2.45, 2.75) is 64.5 Å². The summed E-state index contributed by atoms with van der Waals surface area (Å²) in [5, 5.41) is 3.61. The molecule has 1 unspecified atom stereocenters. The number of ether oxygens (including phenoxy) is 1. The van der Waals surface area contributed by atoms with Crippen LogP contribution < -0.4 is 10.1 Å². The van der Waals surface area contributed by atoms with E-state index in [1.165, 1.54) is 31.2 Å². The standard InChI is InChI=1S/C17H27NO/c1-13(2)15-8-10-17(11-9-15)19-14(3)12-18-16-6-4-5-7-16/h8-11,13-14,16,18H,4-7,12H2,1-3H3. The van der Waals surface area contributed by atoms with Gasteiger partial charge in [0.15, 0.2) is 0 Å². The van der Waals surface area contributed by atoms with Gasteiger partial charge < -0.3 is 10.1 Å². The minimum absolute atomic E-state index is 0.227. The van der Waals surface area contributed by atoms with Crippen molar-refractivity contribution < 1.29 is 4.74 Å². The highest BCUT2D eigenvalue weighted by Gasteiger charge is 2.15. The van der Waals surface area contributed by atoms with Gasteiger partial charge in [-0.2, -0.15) is 0 Å². The third-order valence-electron chi connectivity index (χ3n) is 3.93. The Morgan fingerprint density at radius 1 is 1.11 bits per heavy atom. The van der Waals surface area contributed by atoms with Crippen LogP contribution in [0.1, 0.15) is 57.9 Å². The summed E-state index contributed by atoms with van der Waals surface area (Å²) in [5.41, 5.74) is 1.36. The molecule has 2 nitrogen and oxygen atoms in total. The fraction of sp³-hybridized carbons (Fsp3) is 0.647. The number of hydrogen-bond donors (Lipinski definition) is 1. The zero-order chi connectivity index (χ0) is 13.7. The molecule has 1 atom stereocenters. The van der Waals surface area contributed by atoms with Crippen LogP contribution in [0.4, 0.5) is 0 Å². The van der Waals surface area contributed by atoms with E-state index in [9.17, 15) is 0 Å². The van der Waals surface area contributed by atoms with E-state index in [0.717, 1.165) is 18.3 Å². The van der Waals surface area contributed by atoms with Gasteiger partial charge in [-0.3, -0.25) is 0 Å². The molecule has 1 aromatic rings. The first-order chi connectivity index (χ1) is 9.15. The van der Waals surface area contributed by atoms with Crippen LogP contribution in [-0.2, 0) is 0 Å². The van der Waals surface area contributed by atoms with Gasteiger partial charge in [-0.05, 0) is 43.4 Å². The van der Waals surface area contributed by atoms with E-state index in [4.69, 9.17) is 4.74 Å². The van der Waals surface area contributed by atoms with Gasteiger partial charge in [-0.15, -0.1) is 0 Å². The summed E-state index contributed by atoms with van der Waals surface area (Å²) in [7, 11) is 0. The predicted octanol–water partition coefficient (Wildman–Crippen LogP) is 4.11. The fourth-order valence-corrected chi connectivity index (χ4v) is 2.67. The third kappa shape index (κ3) is 4.54. The Bertz CT molecular complexity index is 365. The average molecular weight is 261 g/mol. The van der Waals surface area contributed by atoms with Crippen LogP contribution in [0.2, 0.25) is 0 Å². The molecule has 19 heavy (non-hydrogen) atoms. The maximum absolute atomic E-state index is 5.95. The lowest BCUT2D eigenvalue weighted by atomic mass is 10.0. The van der Waals surface area contributed by atoms with Crippen LogP contribution in [0.5, 0.6) is 5.75 Å². The molecule has 2 heteroatoms. The van der Waals surface area contributed by atoms with Crippen molar-refractivity contribution in [3.63, 3.8) is 0 Å². The lowest BCUT2D eigenvalue weighted by Gasteiger charge is -2.19. The van der Waals surface area contributed by atoms with E-state index < -0.39 is 0 Å². The van der Waals surface area contributed by atoms with Crippen LogP contribution in [0.15, 0.2) is 24.3 Å². The van der Waals surface area contributed by atoms with Gasteiger partial charge in [-0.1, -0.05) is 38.8 Å². The molecule has 0 aromatic heterocycles. The smallest absolute Gasteiger partial charge is 0.119 e. The van der Waals surface area contributed by atoms with Crippen LogP contribution in [0, 0.1) is 0 Å². The maximum Gasteiger partial charge on any atom is 0.119 e. The van der Waals surface area contributed by atoms with Gasteiger partial charge in [-0.25, -0.2) is 0 Å². The van der Waals surface area contributed by atoms with Gasteiger partial charge >= 0.3 is 0 Å². The second-order valence-corrected chi connectivity index (χ2v) is 6.04. The number of rotatable bonds is 6. The third-order valence-corrected chi connectivity index (χ3v) is 3.93. The monoisotopic (exact) mass is 261 g/mol. The predicted molar refractivity (Wildman–Crippen MR) is 80.9 cm³/mol. The fourth-order valence-electron chi connectivity index (χ4n) is 2.67. The molecule has 1 fully saturated rings. The minimum Gasteiger partial charge on any atom is -0.489 e. The molecule has 0 radical (unpaired) electrons. The van der Waals surface area contributed by atoms with Gasteiger partial charge in [0.05, 0.1) is 0 Å². The molecule has 1 saturated carbocycles. The van der Waals surface area contributed by atoms with E-state index in [1.54, 1.807) is 0 Å². The molecule has 0 spiro atoms. The SMILES string of the molecule is CC(CNC1CCCC1)Oc1ccc(C(C)C)cc1. The molecule has 106 valence electrons. The van der Waals surface area contributed by atoms with Crippen molar-refractivity contribution in [2.24, 2.45) is 0 Å². The van der Waals surface area contributed by atoms with E-state index >= 15 is 0 Å². The molecule has 0 bridgehead atoms. The van der Waals surface area contributed by atoms with E-state index in [1.807, 2.05) is 0 Å². The highest BCUT2D eigenvalue weighted by atomic mass is 16.5.